The second-order valence-corrected chi connectivity index (χ2v) is 3.37. The van der Waals surface area contributed by atoms with E-state index in [2.05, 4.69) is 4.74 Å². The van der Waals surface area contributed by atoms with Crippen molar-refractivity contribution < 1.29 is 22.7 Å². The Morgan fingerprint density at radius 3 is 2.41 bits per heavy atom. The van der Waals surface area contributed by atoms with Crippen LogP contribution in [0.25, 0.3) is 0 Å². The maximum atomic E-state index is 13.5. The molecule has 0 saturated carbocycles. The molecule has 0 unspecified atom stereocenters. The molecule has 0 aliphatic rings. The van der Waals surface area contributed by atoms with Gasteiger partial charge in [0.25, 0.3) is 0 Å². The summed E-state index contributed by atoms with van der Waals surface area (Å²) in [5.41, 5.74) is 5.24. The lowest BCUT2D eigenvalue weighted by Gasteiger charge is -2.21. The van der Waals surface area contributed by atoms with Gasteiger partial charge in [0.15, 0.2) is 0 Å². The first-order valence-electron chi connectivity index (χ1n) is 4.95. The topological polar surface area (TPSA) is 52.3 Å². The number of halogens is 3. The van der Waals surface area contributed by atoms with Crippen LogP contribution in [0.4, 0.5) is 13.2 Å². The van der Waals surface area contributed by atoms with Gasteiger partial charge < -0.3 is 10.5 Å². The number of alkyl halides is 2. The van der Waals surface area contributed by atoms with Crippen LogP contribution in [-0.2, 0) is 9.53 Å². The molecular formula is C11H12F3NO2. The Balaban J connectivity index is 2.91. The zero-order chi connectivity index (χ0) is 13.1. The van der Waals surface area contributed by atoms with Gasteiger partial charge in [0.1, 0.15) is 11.9 Å². The van der Waals surface area contributed by atoms with Crippen molar-refractivity contribution >= 4 is 5.97 Å². The second kappa shape index (κ2) is 5.18. The second-order valence-electron chi connectivity index (χ2n) is 3.37. The van der Waals surface area contributed by atoms with E-state index in [1.807, 2.05) is 0 Å². The lowest BCUT2D eigenvalue weighted by Crippen LogP contribution is -2.41. The quantitative estimate of drug-likeness (QED) is 0.828. The van der Waals surface area contributed by atoms with Crippen LogP contribution in [0.3, 0.4) is 0 Å². The molecule has 6 heteroatoms. The maximum Gasteiger partial charge on any atom is 0.379 e. The van der Waals surface area contributed by atoms with Crippen molar-refractivity contribution in [3.63, 3.8) is 0 Å². The largest absolute Gasteiger partial charge is 0.462 e. The molecule has 0 amide bonds. The first-order chi connectivity index (χ1) is 7.89. The van der Waals surface area contributed by atoms with Crippen LogP contribution in [-0.4, -0.2) is 18.5 Å². The molecule has 1 aromatic carbocycles. The summed E-state index contributed by atoms with van der Waals surface area (Å²) in [7, 11) is 0. The molecule has 0 aliphatic carbocycles. The molecule has 0 aliphatic heterocycles. The molecule has 17 heavy (non-hydrogen) atoms. The fourth-order valence-electron chi connectivity index (χ4n) is 1.23. The molecule has 0 fully saturated rings. The number of ether oxygens (including phenoxy) is 1. The highest BCUT2D eigenvalue weighted by Crippen LogP contribution is 2.30. The molecule has 94 valence electrons. The molecule has 0 heterocycles. The zero-order valence-electron chi connectivity index (χ0n) is 9.12. The summed E-state index contributed by atoms with van der Waals surface area (Å²) < 4.78 is 43.8. The molecule has 0 aromatic heterocycles. The van der Waals surface area contributed by atoms with Gasteiger partial charge in [-0.05, 0) is 24.6 Å². The van der Waals surface area contributed by atoms with Gasteiger partial charge in [0.2, 0.25) is 0 Å². The third-order valence-electron chi connectivity index (χ3n) is 2.17. The number of rotatable bonds is 4. The normalized spacial score (nSPS) is 13.2. The van der Waals surface area contributed by atoms with Gasteiger partial charge in [0.05, 0.1) is 6.61 Å². The van der Waals surface area contributed by atoms with Gasteiger partial charge in [-0.2, -0.15) is 8.78 Å². The van der Waals surface area contributed by atoms with E-state index in [0.717, 1.165) is 24.3 Å². The van der Waals surface area contributed by atoms with Crippen LogP contribution in [0.2, 0.25) is 0 Å². The van der Waals surface area contributed by atoms with Crippen molar-refractivity contribution in [2.24, 2.45) is 5.73 Å². The average molecular weight is 247 g/mol. The lowest BCUT2D eigenvalue weighted by atomic mass is 10.0. The molecule has 1 aromatic rings. The molecule has 1 rings (SSSR count). The minimum Gasteiger partial charge on any atom is -0.462 e. The van der Waals surface area contributed by atoms with Crippen LogP contribution in [0.15, 0.2) is 24.3 Å². The Morgan fingerprint density at radius 2 is 1.94 bits per heavy atom. The van der Waals surface area contributed by atoms with Gasteiger partial charge in [0, 0.05) is 0 Å². The van der Waals surface area contributed by atoms with Crippen LogP contribution >= 0.6 is 0 Å². The van der Waals surface area contributed by atoms with E-state index in [-0.39, 0.29) is 12.2 Å². The third kappa shape index (κ3) is 2.97. The van der Waals surface area contributed by atoms with E-state index in [0.29, 0.717) is 0 Å². The third-order valence-corrected chi connectivity index (χ3v) is 2.17. The highest BCUT2D eigenvalue weighted by atomic mass is 19.3. The van der Waals surface area contributed by atoms with E-state index in [4.69, 9.17) is 5.73 Å². The van der Waals surface area contributed by atoms with Gasteiger partial charge >= 0.3 is 11.9 Å². The first kappa shape index (κ1) is 13.5. The van der Waals surface area contributed by atoms with Crippen molar-refractivity contribution in [3.8, 4) is 0 Å². The predicted molar refractivity (Wildman–Crippen MR) is 54.9 cm³/mol. The number of esters is 1. The number of carbonyl (C=O) groups is 1. The minimum atomic E-state index is -3.84. The fourth-order valence-corrected chi connectivity index (χ4v) is 1.23. The predicted octanol–water partition coefficient (Wildman–Crippen LogP) is 2.02. The number of hydrogen-bond donors (Lipinski definition) is 1. The monoisotopic (exact) mass is 247 g/mol. The molecule has 1 atom stereocenters. The summed E-state index contributed by atoms with van der Waals surface area (Å²) in [6.45, 7) is 1.25. The Labute approximate surface area is 96.4 Å². The smallest absolute Gasteiger partial charge is 0.379 e. The summed E-state index contributed by atoms with van der Waals surface area (Å²) in [6, 6.07) is 2.34. The number of nitrogens with two attached hydrogens (primary N) is 1. The van der Waals surface area contributed by atoms with Crippen molar-refractivity contribution in [1.29, 1.82) is 0 Å². The van der Waals surface area contributed by atoms with Gasteiger partial charge in [-0.25, -0.2) is 9.18 Å². The van der Waals surface area contributed by atoms with Crippen LogP contribution in [0.1, 0.15) is 18.5 Å². The maximum absolute atomic E-state index is 13.5. The Hall–Kier alpha value is -1.56. The van der Waals surface area contributed by atoms with Crippen LogP contribution in [0.5, 0.6) is 0 Å². The van der Waals surface area contributed by atoms with Crippen molar-refractivity contribution in [1.82, 2.24) is 0 Å². The summed E-state index contributed by atoms with van der Waals surface area (Å²) in [4.78, 5) is 11.0. The van der Waals surface area contributed by atoms with E-state index < -0.39 is 23.8 Å². The molecular weight excluding hydrogens is 235 g/mol. The van der Waals surface area contributed by atoms with Crippen LogP contribution in [0, 0.1) is 5.82 Å². The standard InChI is InChI=1S/C11H12F3NO2/c1-2-17-10(16)11(13,14)9(15)7-3-5-8(12)6-4-7/h3-6,9H,2,15H2,1H3/t9-/m1/s1. The Bertz CT molecular complexity index is 392. The first-order valence-corrected chi connectivity index (χ1v) is 4.95. The molecule has 0 bridgehead atoms. The van der Waals surface area contributed by atoms with Gasteiger partial charge in [-0.15, -0.1) is 0 Å². The summed E-state index contributed by atoms with van der Waals surface area (Å²) in [5, 5.41) is 0. The molecule has 3 nitrogen and oxygen atoms in total. The molecule has 0 radical (unpaired) electrons. The minimum absolute atomic E-state index is 0.0375. The molecule has 0 spiro atoms. The van der Waals surface area contributed by atoms with Crippen molar-refractivity contribution in [2.75, 3.05) is 6.61 Å². The Morgan fingerprint density at radius 1 is 1.41 bits per heavy atom. The van der Waals surface area contributed by atoms with Gasteiger partial charge in [-0.1, -0.05) is 12.1 Å². The summed E-state index contributed by atoms with van der Waals surface area (Å²) in [6.07, 6.45) is 0. The van der Waals surface area contributed by atoms with E-state index in [1.165, 1.54) is 6.92 Å². The lowest BCUT2D eigenvalue weighted by molar-refractivity contribution is -0.174. The fraction of sp³-hybridized carbons (Fsp3) is 0.364. The number of hydrogen-bond acceptors (Lipinski definition) is 3. The summed E-state index contributed by atoms with van der Waals surface area (Å²) in [5.74, 6) is -6.09. The van der Waals surface area contributed by atoms with Crippen LogP contribution < -0.4 is 5.73 Å². The zero-order valence-corrected chi connectivity index (χ0v) is 9.12. The number of benzene rings is 1. The molecule has 2 N–H and O–H groups in total. The Kier molecular flexibility index (Phi) is 4.11. The van der Waals surface area contributed by atoms with Crippen molar-refractivity contribution in [2.45, 2.75) is 18.9 Å². The van der Waals surface area contributed by atoms with E-state index >= 15 is 0 Å². The average Bonchev–Trinajstić information content (AvgIpc) is 2.29. The SMILES string of the molecule is CCOC(=O)C(F)(F)[C@H](N)c1ccc(F)cc1. The van der Waals surface area contributed by atoms with E-state index in [1.54, 1.807) is 0 Å². The van der Waals surface area contributed by atoms with Crippen molar-refractivity contribution in [3.05, 3.63) is 35.6 Å². The summed E-state index contributed by atoms with van der Waals surface area (Å²) >= 11 is 0. The number of carbonyl (C=O) groups excluding carboxylic acids is 1. The highest BCUT2D eigenvalue weighted by molar-refractivity contribution is 5.78. The molecule has 0 saturated heterocycles. The highest BCUT2D eigenvalue weighted by Gasteiger charge is 2.47. The van der Waals surface area contributed by atoms with E-state index in [9.17, 15) is 18.0 Å². The van der Waals surface area contributed by atoms with Gasteiger partial charge in [-0.3, -0.25) is 0 Å².